The highest BCUT2D eigenvalue weighted by Gasteiger charge is 2.19. The van der Waals surface area contributed by atoms with Crippen LogP contribution in [-0.4, -0.2) is 31.4 Å². The van der Waals surface area contributed by atoms with E-state index in [0.29, 0.717) is 5.56 Å². The smallest absolute Gasteiger partial charge is 0.303 e. The van der Waals surface area contributed by atoms with Gasteiger partial charge < -0.3 is 10.8 Å². The zero-order valence-electron chi connectivity index (χ0n) is 11.8. The summed E-state index contributed by atoms with van der Waals surface area (Å²) in [6.07, 6.45) is 0.0349. The number of carboxylic acids is 1. The molecular formula is C13H18N2O5S. The second-order valence-electron chi connectivity index (χ2n) is 4.80. The molecule has 0 saturated carbocycles. The molecule has 0 saturated heterocycles. The Kier molecular flexibility index (Phi) is 5.45. The van der Waals surface area contributed by atoms with E-state index in [9.17, 15) is 18.0 Å². The number of aliphatic carboxylic acids is 1. The van der Waals surface area contributed by atoms with Gasteiger partial charge in [-0.25, -0.2) is 13.1 Å². The lowest BCUT2D eigenvalue weighted by atomic mass is 10.1. The number of nitrogens with one attached hydrogen (secondary N) is 1. The maximum Gasteiger partial charge on any atom is 0.303 e. The van der Waals surface area contributed by atoms with Crippen LogP contribution in [-0.2, 0) is 14.8 Å². The number of carbonyl (C=O) groups is 2. The van der Waals surface area contributed by atoms with Gasteiger partial charge in [0.2, 0.25) is 15.9 Å². The standard InChI is InChI=1S/C13H18N2O5S/c1-8-3-5-10(7-11(8)13(14)18)21(19,20)15-9(2)4-6-12(16)17/h3,5,7,9,15H,4,6H2,1-2H3,(H2,14,18)(H,16,17). The monoisotopic (exact) mass is 314 g/mol. The summed E-state index contributed by atoms with van der Waals surface area (Å²) in [6, 6.07) is 3.54. The number of benzene rings is 1. The Morgan fingerprint density at radius 2 is 2.00 bits per heavy atom. The van der Waals surface area contributed by atoms with Crippen LogP contribution in [0.2, 0.25) is 0 Å². The van der Waals surface area contributed by atoms with Crippen molar-refractivity contribution in [3.63, 3.8) is 0 Å². The van der Waals surface area contributed by atoms with Crippen LogP contribution in [0.1, 0.15) is 35.7 Å². The first-order valence-corrected chi connectivity index (χ1v) is 7.76. The largest absolute Gasteiger partial charge is 0.481 e. The highest BCUT2D eigenvalue weighted by molar-refractivity contribution is 7.89. The van der Waals surface area contributed by atoms with E-state index in [1.165, 1.54) is 18.2 Å². The second-order valence-corrected chi connectivity index (χ2v) is 6.51. The van der Waals surface area contributed by atoms with Gasteiger partial charge in [0.25, 0.3) is 0 Å². The number of carboxylic acid groups (broad SMARTS) is 1. The van der Waals surface area contributed by atoms with E-state index >= 15 is 0 Å². The number of nitrogens with two attached hydrogens (primary N) is 1. The third-order valence-electron chi connectivity index (χ3n) is 2.93. The van der Waals surface area contributed by atoms with Gasteiger partial charge >= 0.3 is 5.97 Å². The Hall–Kier alpha value is -1.93. The Morgan fingerprint density at radius 1 is 1.38 bits per heavy atom. The molecule has 1 atom stereocenters. The van der Waals surface area contributed by atoms with E-state index in [1.54, 1.807) is 13.8 Å². The van der Waals surface area contributed by atoms with Gasteiger partial charge in [-0.2, -0.15) is 0 Å². The number of hydrogen-bond donors (Lipinski definition) is 3. The molecule has 1 unspecified atom stereocenters. The molecule has 4 N–H and O–H groups in total. The summed E-state index contributed by atoms with van der Waals surface area (Å²) in [6.45, 7) is 3.23. The van der Waals surface area contributed by atoms with Gasteiger partial charge in [-0.15, -0.1) is 0 Å². The molecule has 1 aromatic rings. The summed E-state index contributed by atoms with van der Waals surface area (Å²) in [5, 5.41) is 8.58. The first kappa shape index (κ1) is 17.1. The third kappa shape index (κ3) is 4.83. The van der Waals surface area contributed by atoms with Crippen LogP contribution in [0.15, 0.2) is 23.1 Å². The van der Waals surface area contributed by atoms with E-state index in [4.69, 9.17) is 10.8 Å². The summed E-state index contributed by atoms with van der Waals surface area (Å²) in [7, 11) is -3.83. The van der Waals surface area contributed by atoms with Crippen molar-refractivity contribution in [3.8, 4) is 0 Å². The van der Waals surface area contributed by atoms with E-state index in [2.05, 4.69) is 4.72 Å². The normalized spacial score (nSPS) is 12.9. The average molecular weight is 314 g/mol. The lowest BCUT2D eigenvalue weighted by molar-refractivity contribution is -0.137. The molecule has 0 aliphatic rings. The van der Waals surface area contributed by atoms with Crippen molar-refractivity contribution in [3.05, 3.63) is 29.3 Å². The van der Waals surface area contributed by atoms with E-state index in [0.717, 1.165) is 0 Å². The predicted octanol–water partition coefficient (Wildman–Crippen LogP) is 0.626. The maximum atomic E-state index is 12.2. The first-order valence-electron chi connectivity index (χ1n) is 6.28. The van der Waals surface area contributed by atoms with Crippen molar-refractivity contribution >= 4 is 21.9 Å². The van der Waals surface area contributed by atoms with Gasteiger partial charge in [0.15, 0.2) is 0 Å². The minimum atomic E-state index is -3.83. The first-order chi connectivity index (χ1) is 9.63. The summed E-state index contributed by atoms with van der Waals surface area (Å²) in [5.74, 6) is -1.70. The van der Waals surface area contributed by atoms with Crippen molar-refractivity contribution in [2.75, 3.05) is 0 Å². The highest BCUT2D eigenvalue weighted by Crippen LogP contribution is 2.16. The Bertz CT molecular complexity index is 655. The number of aryl methyl sites for hydroxylation is 1. The molecule has 0 aliphatic carbocycles. The molecule has 1 rings (SSSR count). The molecule has 21 heavy (non-hydrogen) atoms. The second kappa shape index (κ2) is 6.68. The molecule has 0 fully saturated rings. The SMILES string of the molecule is Cc1ccc(S(=O)(=O)NC(C)CCC(=O)O)cc1C(N)=O. The van der Waals surface area contributed by atoms with Gasteiger partial charge in [-0.1, -0.05) is 6.07 Å². The minimum absolute atomic E-state index is 0.0796. The number of sulfonamides is 1. The summed E-state index contributed by atoms with van der Waals surface area (Å²) < 4.78 is 26.7. The number of primary amides is 1. The highest BCUT2D eigenvalue weighted by atomic mass is 32.2. The average Bonchev–Trinajstić information content (AvgIpc) is 2.35. The van der Waals surface area contributed by atoms with Crippen LogP contribution in [0.5, 0.6) is 0 Å². The number of rotatable bonds is 7. The van der Waals surface area contributed by atoms with Crippen molar-refractivity contribution in [2.24, 2.45) is 5.73 Å². The fourth-order valence-electron chi connectivity index (χ4n) is 1.77. The van der Waals surface area contributed by atoms with Crippen LogP contribution >= 0.6 is 0 Å². The lowest BCUT2D eigenvalue weighted by Gasteiger charge is -2.14. The van der Waals surface area contributed by atoms with Crippen LogP contribution in [0.3, 0.4) is 0 Å². The van der Waals surface area contributed by atoms with Crippen molar-refractivity contribution in [1.82, 2.24) is 4.72 Å². The van der Waals surface area contributed by atoms with E-state index in [-0.39, 0.29) is 23.3 Å². The number of hydrogen-bond acceptors (Lipinski definition) is 4. The quantitative estimate of drug-likeness (QED) is 0.680. The lowest BCUT2D eigenvalue weighted by Crippen LogP contribution is -2.33. The molecule has 7 nitrogen and oxygen atoms in total. The van der Waals surface area contributed by atoms with Gasteiger partial charge in [0, 0.05) is 18.0 Å². The van der Waals surface area contributed by atoms with Gasteiger partial charge in [0.1, 0.15) is 0 Å². The predicted molar refractivity (Wildman–Crippen MR) is 76.4 cm³/mol. The molecule has 0 spiro atoms. The molecule has 0 radical (unpaired) electrons. The molecule has 0 aromatic heterocycles. The topological polar surface area (TPSA) is 127 Å². The van der Waals surface area contributed by atoms with Crippen molar-refractivity contribution < 1.29 is 23.1 Å². The number of amides is 1. The molecule has 1 amide bonds. The molecule has 116 valence electrons. The molecule has 0 aliphatic heterocycles. The molecular weight excluding hydrogens is 296 g/mol. The minimum Gasteiger partial charge on any atom is -0.481 e. The van der Waals surface area contributed by atoms with Crippen LogP contribution in [0, 0.1) is 6.92 Å². The van der Waals surface area contributed by atoms with Crippen LogP contribution in [0.25, 0.3) is 0 Å². The van der Waals surface area contributed by atoms with Gasteiger partial charge in [-0.3, -0.25) is 9.59 Å². The van der Waals surface area contributed by atoms with Crippen molar-refractivity contribution in [1.29, 1.82) is 0 Å². The van der Waals surface area contributed by atoms with Crippen LogP contribution in [0.4, 0.5) is 0 Å². The fourth-order valence-corrected chi connectivity index (χ4v) is 3.07. The maximum absolute atomic E-state index is 12.2. The zero-order valence-corrected chi connectivity index (χ0v) is 12.6. The third-order valence-corrected chi connectivity index (χ3v) is 4.52. The number of carbonyl (C=O) groups excluding carboxylic acids is 1. The fraction of sp³-hybridized carbons (Fsp3) is 0.385. The summed E-state index contributed by atoms with van der Waals surface area (Å²) in [5.41, 5.74) is 5.91. The molecule has 1 aromatic carbocycles. The molecule has 0 bridgehead atoms. The Labute approximate surface area is 123 Å². The Balaban J connectivity index is 2.95. The summed E-state index contributed by atoms with van der Waals surface area (Å²) in [4.78, 5) is 21.6. The molecule has 8 heteroatoms. The Morgan fingerprint density at radius 3 is 2.52 bits per heavy atom. The van der Waals surface area contributed by atoms with E-state index < -0.39 is 27.9 Å². The zero-order chi connectivity index (χ0) is 16.2. The summed E-state index contributed by atoms with van der Waals surface area (Å²) >= 11 is 0. The van der Waals surface area contributed by atoms with Gasteiger partial charge in [-0.05, 0) is 38.0 Å². The van der Waals surface area contributed by atoms with Crippen molar-refractivity contribution in [2.45, 2.75) is 37.6 Å². The van der Waals surface area contributed by atoms with Crippen LogP contribution < -0.4 is 10.5 Å². The van der Waals surface area contributed by atoms with Gasteiger partial charge in [0.05, 0.1) is 4.90 Å². The molecule has 0 heterocycles. The van der Waals surface area contributed by atoms with E-state index in [1.807, 2.05) is 0 Å².